The highest BCUT2D eigenvalue weighted by Crippen LogP contribution is 2.32. The van der Waals surface area contributed by atoms with Crippen molar-refractivity contribution in [3.63, 3.8) is 0 Å². The number of pyridine rings is 4. The first-order valence-electron chi connectivity index (χ1n) is 10.8. The van der Waals surface area contributed by atoms with Gasteiger partial charge in [0.25, 0.3) is 0 Å². The zero-order chi connectivity index (χ0) is 22.5. The average Bonchev–Trinajstić information content (AvgIpc) is 2.80. The van der Waals surface area contributed by atoms with Crippen molar-refractivity contribution in [2.45, 2.75) is 27.7 Å². The number of rotatable bonds is 7. The summed E-state index contributed by atoms with van der Waals surface area (Å²) in [6.07, 6.45) is 7.32. The zero-order valence-electron chi connectivity index (χ0n) is 19.0. The van der Waals surface area contributed by atoms with E-state index in [1.165, 1.54) is 0 Å². The van der Waals surface area contributed by atoms with Crippen molar-refractivity contribution in [1.29, 1.82) is 0 Å². The second kappa shape index (κ2) is 9.56. The van der Waals surface area contributed by atoms with Crippen LogP contribution in [-0.2, 0) is 0 Å². The Hall–Kier alpha value is -3.80. The normalized spacial score (nSPS) is 10.8. The average molecular weight is 425 g/mol. The van der Waals surface area contributed by atoms with Gasteiger partial charge in [-0.2, -0.15) is 0 Å². The van der Waals surface area contributed by atoms with E-state index in [9.17, 15) is 0 Å². The Bertz CT molecular complexity index is 1020. The van der Waals surface area contributed by atoms with Crippen LogP contribution in [0, 0.1) is 27.7 Å². The van der Waals surface area contributed by atoms with Gasteiger partial charge in [-0.1, -0.05) is 0 Å². The molecular weight excluding hydrogens is 396 g/mol. The monoisotopic (exact) mass is 424 g/mol. The van der Waals surface area contributed by atoms with E-state index in [-0.39, 0.29) is 0 Å². The summed E-state index contributed by atoms with van der Waals surface area (Å²) in [5, 5.41) is 0. The summed E-state index contributed by atoms with van der Waals surface area (Å²) in [4.78, 5) is 22.7. The van der Waals surface area contributed by atoms with Crippen molar-refractivity contribution >= 4 is 22.7 Å². The molecule has 4 aromatic heterocycles. The first-order valence-corrected chi connectivity index (χ1v) is 10.8. The Morgan fingerprint density at radius 1 is 0.469 bits per heavy atom. The van der Waals surface area contributed by atoms with Gasteiger partial charge in [-0.25, -0.2) is 0 Å². The standard InChI is InChI=1S/C26H28N6/c1-19-23(9-5-13-27-19)31(24-10-6-14-28-20(24)2)17-18-32(25-11-7-15-29-21(25)3)26-12-8-16-30-22(26)4/h5-16H,17-18H2,1-4H3. The largest absolute Gasteiger partial charge is 0.337 e. The zero-order valence-corrected chi connectivity index (χ0v) is 19.0. The Morgan fingerprint density at radius 2 is 0.719 bits per heavy atom. The maximum absolute atomic E-state index is 4.53. The van der Waals surface area contributed by atoms with Crippen molar-refractivity contribution in [3.05, 3.63) is 96.1 Å². The minimum Gasteiger partial charge on any atom is -0.337 e. The van der Waals surface area contributed by atoms with Gasteiger partial charge in [0.2, 0.25) is 0 Å². The number of anilines is 4. The van der Waals surface area contributed by atoms with Crippen LogP contribution < -0.4 is 9.80 Å². The number of aromatic nitrogens is 4. The minimum absolute atomic E-state index is 0.738. The quantitative estimate of drug-likeness (QED) is 0.392. The van der Waals surface area contributed by atoms with E-state index < -0.39 is 0 Å². The molecular formula is C26H28N6. The van der Waals surface area contributed by atoms with Crippen LogP contribution in [0.25, 0.3) is 0 Å². The van der Waals surface area contributed by atoms with Gasteiger partial charge in [-0.3, -0.25) is 19.9 Å². The highest BCUT2D eigenvalue weighted by molar-refractivity contribution is 5.69. The van der Waals surface area contributed by atoms with Gasteiger partial charge in [0.15, 0.2) is 0 Å². The number of hydrogen-bond acceptors (Lipinski definition) is 6. The molecule has 6 heteroatoms. The molecule has 32 heavy (non-hydrogen) atoms. The molecule has 4 aromatic rings. The molecule has 4 rings (SSSR count). The first-order chi connectivity index (χ1) is 15.6. The molecule has 0 amide bonds. The minimum atomic E-state index is 0.738. The molecule has 0 radical (unpaired) electrons. The first kappa shape index (κ1) is 21.4. The SMILES string of the molecule is Cc1ncccc1N(CCN(c1cccnc1C)c1cccnc1C)c1cccnc1C. The molecule has 0 bridgehead atoms. The van der Waals surface area contributed by atoms with Gasteiger partial charge >= 0.3 is 0 Å². The molecule has 0 N–H and O–H groups in total. The lowest BCUT2D eigenvalue weighted by Gasteiger charge is -2.32. The van der Waals surface area contributed by atoms with Crippen molar-refractivity contribution in [2.75, 3.05) is 22.9 Å². The Labute approximate surface area is 189 Å². The molecule has 0 fully saturated rings. The maximum atomic E-state index is 4.53. The van der Waals surface area contributed by atoms with Crippen molar-refractivity contribution in [2.24, 2.45) is 0 Å². The van der Waals surface area contributed by atoms with E-state index in [1.807, 2.05) is 76.7 Å². The molecule has 0 aliphatic carbocycles. The molecule has 0 aliphatic heterocycles. The molecule has 0 saturated heterocycles. The van der Waals surface area contributed by atoms with Crippen LogP contribution >= 0.6 is 0 Å². The van der Waals surface area contributed by atoms with Crippen molar-refractivity contribution in [3.8, 4) is 0 Å². The summed E-state index contributed by atoms with van der Waals surface area (Å²) in [7, 11) is 0. The fourth-order valence-corrected chi connectivity index (χ4v) is 3.99. The van der Waals surface area contributed by atoms with Gasteiger partial charge in [-0.15, -0.1) is 0 Å². The van der Waals surface area contributed by atoms with Gasteiger partial charge in [0.1, 0.15) is 0 Å². The van der Waals surface area contributed by atoms with Gasteiger partial charge < -0.3 is 9.80 Å². The molecule has 0 aliphatic rings. The van der Waals surface area contributed by atoms with Crippen LogP contribution in [0.15, 0.2) is 73.3 Å². The Kier molecular flexibility index (Phi) is 6.40. The lowest BCUT2D eigenvalue weighted by molar-refractivity contribution is 0.861. The summed E-state index contributed by atoms with van der Waals surface area (Å²) in [6.45, 7) is 9.65. The molecule has 4 heterocycles. The fourth-order valence-electron chi connectivity index (χ4n) is 3.99. The van der Waals surface area contributed by atoms with Gasteiger partial charge in [0.05, 0.1) is 45.5 Å². The number of nitrogens with zero attached hydrogens (tertiary/aromatic N) is 6. The number of aryl methyl sites for hydroxylation is 4. The van der Waals surface area contributed by atoms with Crippen LogP contribution in [0.4, 0.5) is 22.7 Å². The topological polar surface area (TPSA) is 58.0 Å². The molecule has 162 valence electrons. The van der Waals surface area contributed by atoms with E-state index in [2.05, 4.69) is 54.0 Å². The highest BCUT2D eigenvalue weighted by atomic mass is 15.2. The van der Waals surface area contributed by atoms with Crippen molar-refractivity contribution in [1.82, 2.24) is 19.9 Å². The van der Waals surface area contributed by atoms with Crippen LogP contribution in [-0.4, -0.2) is 33.0 Å². The fraction of sp³-hybridized carbons (Fsp3) is 0.231. The third-order valence-electron chi connectivity index (χ3n) is 5.63. The molecule has 0 unspecified atom stereocenters. The third-order valence-corrected chi connectivity index (χ3v) is 5.63. The second-order valence-electron chi connectivity index (χ2n) is 7.74. The lowest BCUT2D eigenvalue weighted by Crippen LogP contribution is -2.32. The Balaban J connectivity index is 1.75. The van der Waals surface area contributed by atoms with Crippen LogP contribution in [0.3, 0.4) is 0 Å². The van der Waals surface area contributed by atoms with Gasteiger partial charge in [-0.05, 0) is 76.2 Å². The van der Waals surface area contributed by atoms with Crippen LogP contribution in [0.2, 0.25) is 0 Å². The summed E-state index contributed by atoms with van der Waals surface area (Å²) in [6, 6.07) is 16.4. The maximum Gasteiger partial charge on any atom is 0.0628 e. The summed E-state index contributed by atoms with van der Waals surface area (Å²) < 4.78 is 0. The molecule has 0 atom stereocenters. The van der Waals surface area contributed by atoms with E-state index >= 15 is 0 Å². The lowest BCUT2D eigenvalue weighted by atomic mass is 10.2. The van der Waals surface area contributed by atoms with Crippen LogP contribution in [0.1, 0.15) is 22.8 Å². The third kappa shape index (κ3) is 4.44. The number of hydrogen-bond donors (Lipinski definition) is 0. The van der Waals surface area contributed by atoms with E-state index in [4.69, 9.17) is 0 Å². The van der Waals surface area contributed by atoms with E-state index in [0.717, 1.165) is 58.6 Å². The predicted molar refractivity (Wildman–Crippen MR) is 130 cm³/mol. The van der Waals surface area contributed by atoms with E-state index in [0.29, 0.717) is 0 Å². The molecule has 0 aromatic carbocycles. The second-order valence-corrected chi connectivity index (χ2v) is 7.74. The highest BCUT2D eigenvalue weighted by Gasteiger charge is 2.20. The summed E-state index contributed by atoms with van der Waals surface area (Å²) >= 11 is 0. The summed E-state index contributed by atoms with van der Waals surface area (Å²) in [5.74, 6) is 0. The summed E-state index contributed by atoms with van der Waals surface area (Å²) in [5.41, 5.74) is 8.25. The Morgan fingerprint density at radius 3 is 0.938 bits per heavy atom. The van der Waals surface area contributed by atoms with E-state index in [1.54, 1.807) is 0 Å². The predicted octanol–water partition coefficient (Wildman–Crippen LogP) is 5.48. The smallest absolute Gasteiger partial charge is 0.0628 e. The van der Waals surface area contributed by atoms with Crippen LogP contribution in [0.5, 0.6) is 0 Å². The molecule has 0 spiro atoms. The van der Waals surface area contributed by atoms with Crippen molar-refractivity contribution < 1.29 is 0 Å². The molecule has 6 nitrogen and oxygen atoms in total. The van der Waals surface area contributed by atoms with Gasteiger partial charge in [0, 0.05) is 37.9 Å². The molecule has 0 saturated carbocycles.